The number of unbranched alkanes of at least 4 members (excludes halogenated alkanes) is 10. The highest BCUT2D eigenvalue weighted by atomic mass is 16.7. The third-order valence-electron chi connectivity index (χ3n) is 11.6. The van der Waals surface area contributed by atoms with Gasteiger partial charge in [0.15, 0.2) is 11.6 Å². The van der Waals surface area contributed by atoms with E-state index in [2.05, 4.69) is 6.92 Å². The minimum absolute atomic E-state index is 0.0440. The Bertz CT molecular complexity index is 1090. The molecular weight excluding hydrogens is 544 g/mol. The van der Waals surface area contributed by atoms with E-state index >= 15 is 0 Å². The minimum Gasteiger partial charge on any atom is -0.459 e. The van der Waals surface area contributed by atoms with Gasteiger partial charge in [-0.2, -0.15) is 0 Å². The molecule has 2 aliphatic carbocycles. The molecule has 7 heteroatoms. The van der Waals surface area contributed by atoms with Gasteiger partial charge in [-0.05, 0) is 56.9 Å². The van der Waals surface area contributed by atoms with Crippen LogP contribution in [0, 0.1) is 10.8 Å². The van der Waals surface area contributed by atoms with Crippen molar-refractivity contribution < 1.29 is 33.3 Å². The van der Waals surface area contributed by atoms with E-state index in [0.717, 1.165) is 19.3 Å². The van der Waals surface area contributed by atoms with Crippen molar-refractivity contribution in [1.82, 2.24) is 0 Å². The maximum atomic E-state index is 13.9. The van der Waals surface area contributed by atoms with E-state index in [1.165, 1.54) is 57.8 Å². The lowest BCUT2D eigenvalue weighted by Gasteiger charge is -2.44. The minimum atomic E-state index is -1.25. The largest absolute Gasteiger partial charge is 0.459 e. The van der Waals surface area contributed by atoms with E-state index < -0.39 is 39.9 Å². The zero-order valence-corrected chi connectivity index (χ0v) is 27.0. The first kappa shape index (κ1) is 32.4. The number of carbonyl (C=O) groups excluding carboxylic acids is 3. The molecule has 0 N–H and O–H groups in total. The van der Waals surface area contributed by atoms with Crippen LogP contribution in [0.2, 0.25) is 0 Å². The molecule has 0 radical (unpaired) electrons. The van der Waals surface area contributed by atoms with Crippen LogP contribution in [0.25, 0.3) is 0 Å². The molecule has 7 nitrogen and oxygen atoms in total. The van der Waals surface area contributed by atoms with Crippen molar-refractivity contribution in [3.05, 3.63) is 24.3 Å². The van der Waals surface area contributed by atoms with Crippen LogP contribution in [0.1, 0.15) is 143 Å². The first-order valence-corrected chi connectivity index (χ1v) is 17.2. The van der Waals surface area contributed by atoms with Crippen LogP contribution in [-0.2, 0) is 33.3 Å². The maximum absolute atomic E-state index is 13.9. The number of fused-ring (bicyclic) bond motifs is 2. The second kappa shape index (κ2) is 12.8. The van der Waals surface area contributed by atoms with Crippen molar-refractivity contribution in [2.75, 3.05) is 0 Å². The zero-order valence-electron chi connectivity index (χ0n) is 27.0. The SMILES string of the molecule is CCCCCCCCCCCCCC1CC(OC(=O)C23CCC(C)(C(=O)O2)C3(C)C)CC2(CCC3(C=CC(=O)C=C3)O2)O1. The molecule has 240 valence electrons. The molecule has 5 atom stereocenters. The standard InChI is InChI=1S/C36H54O7/c1-5-6-7-8-9-10-11-12-13-14-15-16-28-25-29(26-35(41-28)23-22-34(43-35)19-17-27(37)18-20-34)40-31(39)36-24-21-33(4,30(38)42-36)32(36,2)3/h17-20,28-29H,5-16,21-26H2,1-4H3. The highest BCUT2D eigenvalue weighted by molar-refractivity contribution is 6.00. The fourth-order valence-electron chi connectivity index (χ4n) is 8.23. The van der Waals surface area contributed by atoms with Gasteiger partial charge in [-0.3, -0.25) is 9.59 Å². The van der Waals surface area contributed by atoms with Gasteiger partial charge in [-0.25, -0.2) is 4.79 Å². The quantitative estimate of drug-likeness (QED) is 0.149. The van der Waals surface area contributed by atoms with Crippen molar-refractivity contribution in [3.63, 3.8) is 0 Å². The summed E-state index contributed by atoms with van der Waals surface area (Å²) < 4.78 is 25.5. The second-order valence-electron chi connectivity index (χ2n) is 14.7. The summed E-state index contributed by atoms with van der Waals surface area (Å²) in [5.74, 6) is -1.66. The van der Waals surface area contributed by atoms with Crippen LogP contribution in [0.4, 0.5) is 0 Å². The molecule has 1 saturated carbocycles. The van der Waals surface area contributed by atoms with Crippen LogP contribution in [0.5, 0.6) is 0 Å². The Balaban J connectivity index is 1.18. The van der Waals surface area contributed by atoms with E-state index in [1.54, 1.807) is 12.2 Å². The Morgan fingerprint density at radius 3 is 2.07 bits per heavy atom. The number of hydrogen-bond acceptors (Lipinski definition) is 7. The predicted octanol–water partition coefficient (Wildman–Crippen LogP) is 7.84. The van der Waals surface area contributed by atoms with Crippen molar-refractivity contribution in [3.8, 4) is 0 Å². The molecule has 3 saturated heterocycles. The van der Waals surface area contributed by atoms with E-state index in [-0.39, 0.29) is 17.9 Å². The molecule has 3 heterocycles. The lowest BCUT2D eigenvalue weighted by Crippen LogP contribution is -2.53. The van der Waals surface area contributed by atoms with Crippen molar-refractivity contribution >= 4 is 17.7 Å². The summed E-state index contributed by atoms with van der Waals surface area (Å²) in [6.45, 7) is 8.08. The number of rotatable bonds is 14. The van der Waals surface area contributed by atoms with Gasteiger partial charge < -0.3 is 18.9 Å². The summed E-state index contributed by atoms with van der Waals surface area (Å²) in [6, 6.07) is 0. The molecule has 5 unspecified atom stereocenters. The summed E-state index contributed by atoms with van der Waals surface area (Å²) in [7, 11) is 0. The Labute approximate surface area is 258 Å². The van der Waals surface area contributed by atoms with Gasteiger partial charge in [0.2, 0.25) is 5.60 Å². The lowest BCUT2D eigenvalue weighted by atomic mass is 9.66. The monoisotopic (exact) mass is 598 g/mol. The summed E-state index contributed by atoms with van der Waals surface area (Å²) in [6.07, 6.45) is 24.8. The van der Waals surface area contributed by atoms with Crippen molar-refractivity contribution in [1.29, 1.82) is 0 Å². The number of ether oxygens (including phenoxy) is 4. The smallest absolute Gasteiger partial charge is 0.351 e. The van der Waals surface area contributed by atoms with Crippen LogP contribution in [0.3, 0.4) is 0 Å². The number of allylic oxidation sites excluding steroid dienone is 2. The fourth-order valence-corrected chi connectivity index (χ4v) is 8.23. The second-order valence-corrected chi connectivity index (χ2v) is 14.7. The average Bonchev–Trinajstić information content (AvgIpc) is 3.46. The summed E-state index contributed by atoms with van der Waals surface area (Å²) >= 11 is 0. The van der Waals surface area contributed by atoms with Crippen LogP contribution in [-0.4, -0.2) is 46.9 Å². The summed E-state index contributed by atoms with van der Waals surface area (Å²) in [5.41, 5.74) is -3.25. The number of carbonyl (C=O) groups is 3. The summed E-state index contributed by atoms with van der Waals surface area (Å²) in [5, 5.41) is 0. The number of ketones is 1. The normalized spacial score (nSPS) is 35.3. The van der Waals surface area contributed by atoms with Crippen LogP contribution in [0.15, 0.2) is 24.3 Å². The molecule has 5 rings (SSSR count). The highest BCUT2D eigenvalue weighted by Crippen LogP contribution is 2.66. The zero-order chi connectivity index (χ0) is 30.8. The third kappa shape index (κ3) is 6.27. The van der Waals surface area contributed by atoms with Gasteiger partial charge in [0.1, 0.15) is 11.7 Å². The maximum Gasteiger partial charge on any atom is 0.351 e. The van der Waals surface area contributed by atoms with Gasteiger partial charge in [0, 0.05) is 24.7 Å². The average molecular weight is 599 g/mol. The third-order valence-corrected chi connectivity index (χ3v) is 11.6. The van der Waals surface area contributed by atoms with Gasteiger partial charge in [-0.15, -0.1) is 0 Å². The van der Waals surface area contributed by atoms with E-state index in [9.17, 15) is 14.4 Å². The molecule has 3 aliphatic heterocycles. The molecule has 4 fully saturated rings. The van der Waals surface area contributed by atoms with Crippen LogP contribution < -0.4 is 0 Å². The molecule has 2 spiro atoms. The molecule has 2 bridgehead atoms. The van der Waals surface area contributed by atoms with E-state index in [0.29, 0.717) is 38.5 Å². The lowest BCUT2D eigenvalue weighted by molar-refractivity contribution is -0.295. The van der Waals surface area contributed by atoms with Crippen molar-refractivity contribution in [2.24, 2.45) is 10.8 Å². The highest BCUT2D eigenvalue weighted by Gasteiger charge is 2.76. The van der Waals surface area contributed by atoms with E-state index in [4.69, 9.17) is 18.9 Å². The van der Waals surface area contributed by atoms with E-state index in [1.807, 2.05) is 32.9 Å². The topological polar surface area (TPSA) is 88.1 Å². The Hall–Kier alpha value is -1.99. The van der Waals surface area contributed by atoms with Gasteiger partial charge in [0.25, 0.3) is 0 Å². The Morgan fingerprint density at radius 2 is 1.49 bits per heavy atom. The first-order chi connectivity index (χ1) is 20.5. The van der Waals surface area contributed by atoms with Gasteiger partial charge >= 0.3 is 11.9 Å². The molecule has 0 aromatic heterocycles. The number of hydrogen-bond donors (Lipinski definition) is 0. The Kier molecular flexibility index (Phi) is 9.63. The Morgan fingerprint density at radius 1 is 0.860 bits per heavy atom. The molecular formula is C36H54O7. The molecule has 0 aromatic carbocycles. The predicted molar refractivity (Wildman–Crippen MR) is 164 cm³/mol. The van der Waals surface area contributed by atoms with Gasteiger partial charge in [0.05, 0.1) is 11.5 Å². The van der Waals surface area contributed by atoms with Crippen LogP contribution >= 0.6 is 0 Å². The van der Waals surface area contributed by atoms with Crippen molar-refractivity contribution in [2.45, 2.75) is 172 Å². The molecule has 0 aromatic rings. The molecule has 0 amide bonds. The summed E-state index contributed by atoms with van der Waals surface area (Å²) in [4.78, 5) is 38.5. The first-order valence-electron chi connectivity index (χ1n) is 17.2. The van der Waals surface area contributed by atoms with Gasteiger partial charge in [-0.1, -0.05) is 91.4 Å². The number of esters is 2. The molecule has 43 heavy (non-hydrogen) atoms. The molecule has 5 aliphatic rings. The fraction of sp³-hybridized carbons (Fsp3) is 0.806.